The van der Waals surface area contributed by atoms with Gasteiger partial charge in [-0.05, 0) is 58.5 Å². The molecule has 0 atom stereocenters. The van der Waals surface area contributed by atoms with Gasteiger partial charge in [0.05, 0.1) is 14.2 Å². The molecule has 0 amide bonds. The molecule has 0 aliphatic carbocycles. The number of Topliss-reactive ketones (excluding diaryl/α,β-unsaturated/α-hetero) is 1. The maximum atomic E-state index is 12.4. The Bertz CT molecular complexity index is 671. The van der Waals surface area contributed by atoms with E-state index in [1.165, 1.54) is 0 Å². The number of carbonyl (C=O) groups excluding carboxylic acids is 1. The number of methoxy groups -OCH3 is 2. The molecule has 0 aliphatic rings. The number of benzene rings is 2. The molecule has 2 aromatic carbocycles. The van der Waals surface area contributed by atoms with E-state index in [0.717, 1.165) is 13.6 Å². The zero-order valence-electron chi connectivity index (χ0n) is 11.7. The highest BCUT2D eigenvalue weighted by molar-refractivity contribution is 14.1. The maximum Gasteiger partial charge on any atom is 0.168 e. The Morgan fingerprint density at radius 1 is 1.10 bits per heavy atom. The Morgan fingerprint density at radius 2 is 1.81 bits per heavy atom. The van der Waals surface area contributed by atoms with Crippen LogP contribution in [0, 0.1) is 3.57 Å². The van der Waals surface area contributed by atoms with E-state index in [1.807, 2.05) is 36.4 Å². The number of hydrogen-bond acceptors (Lipinski definition) is 3. The second-order valence-electron chi connectivity index (χ2n) is 4.41. The summed E-state index contributed by atoms with van der Waals surface area (Å²) in [5.41, 5.74) is 1.58. The first-order valence-electron chi connectivity index (χ1n) is 6.24. The normalized spacial score (nSPS) is 10.3. The van der Waals surface area contributed by atoms with Crippen molar-refractivity contribution < 1.29 is 14.3 Å². The van der Waals surface area contributed by atoms with Crippen molar-refractivity contribution in [3.63, 3.8) is 0 Å². The van der Waals surface area contributed by atoms with Crippen molar-refractivity contribution in [2.75, 3.05) is 14.2 Å². The van der Waals surface area contributed by atoms with E-state index in [9.17, 15) is 4.79 Å². The summed E-state index contributed by atoms with van der Waals surface area (Å²) in [6, 6.07) is 11.3. The molecule has 0 saturated carbocycles. The minimum absolute atomic E-state index is 0.0626. The van der Waals surface area contributed by atoms with E-state index >= 15 is 0 Å². The minimum Gasteiger partial charge on any atom is -0.493 e. The fraction of sp³-hybridized carbons (Fsp3) is 0.188. The number of ether oxygens (including phenoxy) is 2. The molecule has 2 aromatic rings. The predicted molar refractivity (Wildman–Crippen MR) is 94.4 cm³/mol. The molecule has 0 radical (unpaired) electrons. The first-order valence-corrected chi connectivity index (χ1v) is 8.11. The third-order valence-corrected chi connectivity index (χ3v) is 4.40. The third-order valence-electron chi connectivity index (χ3n) is 3.04. The quantitative estimate of drug-likeness (QED) is 0.487. The van der Waals surface area contributed by atoms with Gasteiger partial charge in [-0.3, -0.25) is 4.79 Å². The summed E-state index contributed by atoms with van der Waals surface area (Å²) in [7, 11) is 3.17. The molecule has 5 heteroatoms. The van der Waals surface area contributed by atoms with Crippen molar-refractivity contribution >= 4 is 44.3 Å². The summed E-state index contributed by atoms with van der Waals surface area (Å²) in [4.78, 5) is 12.4. The Morgan fingerprint density at radius 3 is 2.48 bits per heavy atom. The zero-order valence-corrected chi connectivity index (χ0v) is 15.4. The van der Waals surface area contributed by atoms with Gasteiger partial charge in [0.2, 0.25) is 0 Å². The second kappa shape index (κ2) is 7.26. The van der Waals surface area contributed by atoms with Gasteiger partial charge in [0, 0.05) is 20.0 Å². The highest BCUT2D eigenvalue weighted by Crippen LogP contribution is 2.28. The van der Waals surface area contributed by atoms with Crippen molar-refractivity contribution in [1.82, 2.24) is 0 Å². The van der Waals surface area contributed by atoms with Gasteiger partial charge in [-0.25, -0.2) is 0 Å². The SMILES string of the molecule is COc1ccc(CC(=O)c2cc(I)ccc2Br)cc1OC. The van der Waals surface area contributed by atoms with E-state index in [-0.39, 0.29) is 5.78 Å². The van der Waals surface area contributed by atoms with Crippen LogP contribution in [0.1, 0.15) is 15.9 Å². The molecule has 2 rings (SSSR count). The first-order chi connectivity index (χ1) is 10.0. The lowest BCUT2D eigenvalue weighted by Crippen LogP contribution is -2.05. The molecule has 0 aliphatic heterocycles. The van der Waals surface area contributed by atoms with Gasteiger partial charge in [0.25, 0.3) is 0 Å². The van der Waals surface area contributed by atoms with Gasteiger partial charge >= 0.3 is 0 Å². The molecular formula is C16H14BrIO3. The summed E-state index contributed by atoms with van der Waals surface area (Å²) in [5, 5.41) is 0. The molecule has 0 aromatic heterocycles. The van der Waals surface area contributed by atoms with E-state index in [1.54, 1.807) is 14.2 Å². The van der Waals surface area contributed by atoms with Crippen molar-refractivity contribution in [3.8, 4) is 11.5 Å². The lowest BCUT2D eigenvalue weighted by Gasteiger charge is -2.10. The molecule has 0 heterocycles. The van der Waals surface area contributed by atoms with Crippen molar-refractivity contribution in [2.24, 2.45) is 0 Å². The summed E-state index contributed by atoms with van der Waals surface area (Å²) in [6.45, 7) is 0. The van der Waals surface area contributed by atoms with E-state index in [0.29, 0.717) is 23.5 Å². The molecule has 0 unspecified atom stereocenters. The molecule has 0 saturated heterocycles. The molecule has 3 nitrogen and oxygen atoms in total. The summed E-state index contributed by atoms with van der Waals surface area (Å²) in [5.74, 6) is 1.35. The second-order valence-corrected chi connectivity index (χ2v) is 6.51. The van der Waals surface area contributed by atoms with Crippen LogP contribution in [0.3, 0.4) is 0 Å². The van der Waals surface area contributed by atoms with Crippen LogP contribution in [0.15, 0.2) is 40.9 Å². The number of halogens is 2. The van der Waals surface area contributed by atoms with Crippen molar-refractivity contribution in [2.45, 2.75) is 6.42 Å². The van der Waals surface area contributed by atoms with E-state index < -0.39 is 0 Å². The fourth-order valence-electron chi connectivity index (χ4n) is 1.98. The number of carbonyl (C=O) groups is 1. The average Bonchev–Trinajstić information content (AvgIpc) is 2.49. The molecule has 21 heavy (non-hydrogen) atoms. The minimum atomic E-state index is 0.0626. The summed E-state index contributed by atoms with van der Waals surface area (Å²) in [6.07, 6.45) is 0.318. The lowest BCUT2D eigenvalue weighted by molar-refractivity contribution is 0.0992. The van der Waals surface area contributed by atoms with Gasteiger partial charge in [0.1, 0.15) is 0 Å². The molecule has 0 N–H and O–H groups in total. The van der Waals surface area contributed by atoms with E-state index in [2.05, 4.69) is 38.5 Å². The van der Waals surface area contributed by atoms with Crippen molar-refractivity contribution in [1.29, 1.82) is 0 Å². The van der Waals surface area contributed by atoms with Crippen LogP contribution in [-0.4, -0.2) is 20.0 Å². The molecular weight excluding hydrogens is 447 g/mol. The highest BCUT2D eigenvalue weighted by Gasteiger charge is 2.13. The molecule has 0 bridgehead atoms. The van der Waals surface area contributed by atoms with Crippen LogP contribution in [0.5, 0.6) is 11.5 Å². The molecule has 0 spiro atoms. The van der Waals surface area contributed by atoms with Crippen LogP contribution in [0.4, 0.5) is 0 Å². The van der Waals surface area contributed by atoms with Crippen molar-refractivity contribution in [3.05, 3.63) is 55.6 Å². The van der Waals surface area contributed by atoms with Crippen LogP contribution in [-0.2, 0) is 6.42 Å². The smallest absolute Gasteiger partial charge is 0.168 e. The van der Waals surface area contributed by atoms with Gasteiger partial charge in [-0.1, -0.05) is 22.0 Å². The Balaban J connectivity index is 2.25. The molecule has 110 valence electrons. The van der Waals surface area contributed by atoms with Gasteiger partial charge in [0.15, 0.2) is 17.3 Å². The number of rotatable bonds is 5. The largest absolute Gasteiger partial charge is 0.493 e. The Labute approximate surface area is 145 Å². The number of ketones is 1. The van der Waals surface area contributed by atoms with E-state index in [4.69, 9.17) is 9.47 Å². The van der Waals surface area contributed by atoms with Crippen LogP contribution in [0.25, 0.3) is 0 Å². The zero-order chi connectivity index (χ0) is 15.4. The first kappa shape index (κ1) is 16.3. The van der Waals surface area contributed by atoms with Crippen LogP contribution in [0.2, 0.25) is 0 Å². The third kappa shape index (κ3) is 3.97. The topological polar surface area (TPSA) is 35.5 Å². The lowest BCUT2D eigenvalue weighted by atomic mass is 10.0. The van der Waals surface area contributed by atoms with Gasteiger partial charge in [-0.15, -0.1) is 0 Å². The predicted octanol–water partition coefficient (Wildman–Crippen LogP) is 4.50. The molecule has 0 fully saturated rings. The van der Waals surface area contributed by atoms with Crippen LogP contribution >= 0.6 is 38.5 Å². The monoisotopic (exact) mass is 460 g/mol. The Hall–Kier alpha value is -1.08. The fourth-order valence-corrected chi connectivity index (χ4v) is 2.94. The van der Waals surface area contributed by atoms with Gasteiger partial charge < -0.3 is 9.47 Å². The Kier molecular flexibility index (Phi) is 5.64. The maximum absolute atomic E-state index is 12.4. The summed E-state index contributed by atoms with van der Waals surface area (Å²) >= 11 is 5.62. The standard InChI is InChI=1S/C16H14BrIO3/c1-20-15-6-3-10(8-16(15)21-2)7-14(19)12-9-11(18)4-5-13(12)17/h3-6,8-9H,7H2,1-2H3. The van der Waals surface area contributed by atoms with Crippen LogP contribution < -0.4 is 9.47 Å². The summed E-state index contributed by atoms with van der Waals surface area (Å²) < 4.78 is 12.3. The number of hydrogen-bond donors (Lipinski definition) is 0. The average molecular weight is 461 g/mol. The van der Waals surface area contributed by atoms with Gasteiger partial charge in [-0.2, -0.15) is 0 Å². The highest BCUT2D eigenvalue weighted by atomic mass is 127.